The van der Waals surface area contributed by atoms with Crippen LogP contribution in [0, 0.1) is 0 Å². The van der Waals surface area contributed by atoms with E-state index in [1.54, 1.807) is 0 Å². The van der Waals surface area contributed by atoms with Crippen LogP contribution < -0.4 is 4.72 Å². The molecule has 1 rings (SSSR count). The van der Waals surface area contributed by atoms with Gasteiger partial charge in [-0.1, -0.05) is 154 Å². The van der Waals surface area contributed by atoms with Gasteiger partial charge in [0, 0.05) is 26.3 Å². The number of nitrogens with one attached hydrogen (secondary N) is 1. The molecule has 0 radical (unpaired) electrons. The molecule has 0 amide bonds. The van der Waals surface area contributed by atoms with Gasteiger partial charge in [0.1, 0.15) is 6.10 Å². The van der Waals surface area contributed by atoms with Gasteiger partial charge in [-0.25, -0.2) is 0 Å². The average molecular weight is 769 g/mol. The zero-order valence-electron chi connectivity index (χ0n) is 35.2. The molecule has 314 valence electrons. The van der Waals surface area contributed by atoms with E-state index in [0.717, 1.165) is 38.9 Å². The topological polar surface area (TPSA) is 77.1 Å². The van der Waals surface area contributed by atoms with Crippen molar-refractivity contribution < 1.29 is 22.1 Å². The van der Waals surface area contributed by atoms with Crippen molar-refractivity contribution in [2.75, 3.05) is 52.6 Å². The van der Waals surface area contributed by atoms with Gasteiger partial charge in [0.2, 0.25) is 0 Å². The van der Waals surface area contributed by atoms with Crippen molar-refractivity contribution in [2.45, 2.75) is 213 Å². The van der Waals surface area contributed by atoms with E-state index in [9.17, 15) is 8.42 Å². The molecule has 0 aromatic rings. The smallest absolute Gasteiger partial charge is 0.335 e. The van der Waals surface area contributed by atoms with Crippen molar-refractivity contribution in [1.29, 1.82) is 0 Å². The number of hydrogen-bond donors (Lipinski definition) is 1. The summed E-state index contributed by atoms with van der Waals surface area (Å²) in [5, 5.41) is 0. The minimum absolute atomic E-state index is 0.0151. The largest absolute Gasteiger partial charge is 0.379 e. The number of allylic oxidation sites excluding steroid dienone is 4. The zero-order chi connectivity index (χ0) is 38.2. The molecular weight excluding hydrogens is 681 g/mol. The molecule has 8 heteroatoms. The molecular formula is C45H88N2O5S. The summed E-state index contributed by atoms with van der Waals surface area (Å²) in [6, 6.07) is 0. The van der Waals surface area contributed by atoms with Crippen LogP contribution in [0.3, 0.4) is 0 Å². The van der Waals surface area contributed by atoms with Gasteiger partial charge in [-0.05, 0) is 90.1 Å². The highest BCUT2D eigenvalue weighted by molar-refractivity contribution is 7.84. The molecule has 1 aliphatic rings. The molecule has 1 heterocycles. The summed E-state index contributed by atoms with van der Waals surface area (Å²) in [7, 11) is -3.81. The standard InChI is InChI=1S/C45H88N2O5S/c1-3-5-7-9-11-13-15-17-19-21-23-25-27-29-31-35-41-50-43-45(44-52-53(48,49)46-37-40-47-38-33-34-39-47)51-42-36-32-30-28-26-24-22-20-18-16-14-12-10-8-6-4-2/h17-20,45-46H,3-16,21-44H2,1-2H3. The third kappa shape index (κ3) is 36.6. The third-order valence-corrected chi connectivity index (χ3v) is 11.4. The Morgan fingerprint density at radius 1 is 0.547 bits per heavy atom. The van der Waals surface area contributed by atoms with Crippen molar-refractivity contribution in [3.63, 3.8) is 0 Å². The molecule has 0 aromatic heterocycles. The van der Waals surface area contributed by atoms with Gasteiger partial charge >= 0.3 is 10.3 Å². The fourth-order valence-electron chi connectivity index (χ4n) is 6.95. The maximum atomic E-state index is 12.5. The van der Waals surface area contributed by atoms with Crippen LogP contribution in [-0.2, 0) is 24.0 Å². The number of ether oxygens (including phenoxy) is 2. The van der Waals surface area contributed by atoms with Crippen molar-refractivity contribution in [2.24, 2.45) is 0 Å². The summed E-state index contributed by atoms with van der Waals surface area (Å²) < 4.78 is 45.1. The maximum absolute atomic E-state index is 12.5. The first-order valence-electron chi connectivity index (χ1n) is 22.9. The lowest BCUT2D eigenvalue weighted by atomic mass is 10.1. The summed E-state index contributed by atoms with van der Waals surface area (Å²) in [6.45, 7) is 9.36. The van der Waals surface area contributed by atoms with Gasteiger partial charge in [-0.15, -0.1) is 0 Å². The highest BCUT2D eigenvalue weighted by atomic mass is 32.2. The second kappa shape index (κ2) is 39.5. The molecule has 53 heavy (non-hydrogen) atoms. The Labute approximate surface area is 330 Å². The molecule has 1 N–H and O–H groups in total. The Hall–Kier alpha value is -0.770. The van der Waals surface area contributed by atoms with E-state index in [4.69, 9.17) is 13.7 Å². The predicted octanol–water partition coefficient (Wildman–Crippen LogP) is 12.4. The highest BCUT2D eigenvalue weighted by Crippen LogP contribution is 2.13. The lowest BCUT2D eigenvalue weighted by Gasteiger charge is -2.19. The molecule has 0 bridgehead atoms. The summed E-state index contributed by atoms with van der Waals surface area (Å²) >= 11 is 0. The monoisotopic (exact) mass is 769 g/mol. The number of rotatable bonds is 42. The van der Waals surface area contributed by atoms with E-state index in [1.807, 2.05) is 0 Å². The number of unbranched alkanes of at least 4 members (excludes halogenated alkanes) is 24. The Morgan fingerprint density at radius 3 is 1.43 bits per heavy atom. The minimum atomic E-state index is -3.81. The van der Waals surface area contributed by atoms with Crippen LogP contribution in [0.4, 0.5) is 0 Å². The molecule has 1 fully saturated rings. The summed E-state index contributed by atoms with van der Waals surface area (Å²) in [6.07, 6.45) is 47.3. The second-order valence-corrected chi connectivity index (χ2v) is 17.1. The first kappa shape index (κ1) is 50.2. The molecule has 1 aliphatic heterocycles. The van der Waals surface area contributed by atoms with Crippen molar-refractivity contribution in [3.8, 4) is 0 Å². The SMILES string of the molecule is CCCCCCCCC=CCCCCCCCCOCC(COS(=O)(=O)NCCN1CCCC1)OCCCCCCCCC=CCCCCCCCC. The van der Waals surface area contributed by atoms with E-state index >= 15 is 0 Å². The van der Waals surface area contributed by atoms with E-state index < -0.39 is 10.3 Å². The lowest BCUT2D eigenvalue weighted by Crippen LogP contribution is -2.36. The quantitative estimate of drug-likeness (QED) is 0.0492. The van der Waals surface area contributed by atoms with E-state index in [-0.39, 0.29) is 12.7 Å². The summed E-state index contributed by atoms with van der Waals surface area (Å²) in [4.78, 5) is 2.29. The van der Waals surface area contributed by atoms with Crippen LogP contribution in [0.5, 0.6) is 0 Å². The van der Waals surface area contributed by atoms with Crippen LogP contribution in [0.15, 0.2) is 24.3 Å². The molecule has 0 saturated carbocycles. The van der Waals surface area contributed by atoms with Crippen molar-refractivity contribution >= 4 is 10.3 Å². The van der Waals surface area contributed by atoms with Crippen LogP contribution in [-0.4, -0.2) is 72.0 Å². The van der Waals surface area contributed by atoms with Crippen LogP contribution >= 0.6 is 0 Å². The summed E-state index contributed by atoms with van der Waals surface area (Å²) in [5.41, 5.74) is 0. The average Bonchev–Trinajstić information content (AvgIpc) is 3.67. The van der Waals surface area contributed by atoms with Gasteiger partial charge in [0.05, 0.1) is 13.2 Å². The number of likely N-dealkylation sites (tertiary alicyclic amines) is 1. The number of hydrogen-bond acceptors (Lipinski definition) is 6. The zero-order valence-corrected chi connectivity index (χ0v) is 36.0. The molecule has 0 aliphatic carbocycles. The highest BCUT2D eigenvalue weighted by Gasteiger charge is 2.18. The van der Waals surface area contributed by atoms with Crippen LogP contribution in [0.2, 0.25) is 0 Å². The first-order valence-corrected chi connectivity index (χ1v) is 24.3. The van der Waals surface area contributed by atoms with Gasteiger partial charge in [0.15, 0.2) is 0 Å². The van der Waals surface area contributed by atoms with Gasteiger partial charge < -0.3 is 14.4 Å². The Balaban J connectivity index is 2.16. The third-order valence-electron chi connectivity index (χ3n) is 10.4. The van der Waals surface area contributed by atoms with E-state index in [2.05, 4.69) is 47.8 Å². The van der Waals surface area contributed by atoms with Crippen molar-refractivity contribution in [1.82, 2.24) is 9.62 Å². The Kier molecular flexibility index (Phi) is 37.4. The second-order valence-electron chi connectivity index (χ2n) is 15.6. The minimum Gasteiger partial charge on any atom is -0.379 e. The fraction of sp³-hybridized carbons (Fsp3) is 0.911. The Bertz CT molecular complexity index is 907. The fourth-order valence-corrected chi connectivity index (χ4v) is 7.71. The molecule has 0 spiro atoms. The molecule has 1 atom stereocenters. The summed E-state index contributed by atoms with van der Waals surface area (Å²) in [5.74, 6) is 0. The Morgan fingerprint density at radius 2 is 0.962 bits per heavy atom. The molecule has 7 nitrogen and oxygen atoms in total. The normalized spacial score (nSPS) is 14.8. The van der Waals surface area contributed by atoms with Gasteiger partial charge in [0.25, 0.3) is 0 Å². The molecule has 1 unspecified atom stereocenters. The molecule has 1 saturated heterocycles. The van der Waals surface area contributed by atoms with Crippen LogP contribution in [0.1, 0.15) is 206 Å². The first-order chi connectivity index (χ1) is 26.1. The molecule has 0 aromatic carbocycles. The van der Waals surface area contributed by atoms with Crippen molar-refractivity contribution in [3.05, 3.63) is 24.3 Å². The van der Waals surface area contributed by atoms with E-state index in [0.29, 0.717) is 26.4 Å². The lowest BCUT2D eigenvalue weighted by molar-refractivity contribution is -0.0381. The van der Waals surface area contributed by atoms with Gasteiger partial charge in [-0.2, -0.15) is 13.1 Å². The van der Waals surface area contributed by atoms with Gasteiger partial charge in [-0.3, -0.25) is 4.18 Å². The van der Waals surface area contributed by atoms with Crippen LogP contribution in [0.25, 0.3) is 0 Å². The van der Waals surface area contributed by atoms with E-state index in [1.165, 1.54) is 173 Å². The maximum Gasteiger partial charge on any atom is 0.335 e. The predicted molar refractivity (Wildman–Crippen MR) is 228 cm³/mol. The number of nitrogens with zero attached hydrogens (tertiary/aromatic N) is 1.